The fraction of sp³-hybridized carbons (Fsp3) is 0.188. The molecule has 0 radical (unpaired) electrons. The van der Waals surface area contributed by atoms with Gasteiger partial charge in [0.1, 0.15) is 0 Å². The number of anilines is 1. The quantitative estimate of drug-likeness (QED) is 0.880. The van der Waals surface area contributed by atoms with Crippen LogP contribution in [0.25, 0.3) is 0 Å². The summed E-state index contributed by atoms with van der Waals surface area (Å²) in [6, 6.07) is 11.3. The zero-order valence-corrected chi connectivity index (χ0v) is 13.4. The molecule has 0 spiro atoms. The van der Waals surface area contributed by atoms with Gasteiger partial charge in [0.05, 0.1) is 17.6 Å². The van der Waals surface area contributed by atoms with E-state index in [2.05, 4.69) is 9.46 Å². The van der Waals surface area contributed by atoms with Crippen molar-refractivity contribution in [2.45, 2.75) is 18.7 Å². The van der Waals surface area contributed by atoms with E-state index in [0.29, 0.717) is 16.8 Å². The molecule has 2 aromatic carbocycles. The summed E-state index contributed by atoms with van der Waals surface area (Å²) in [5.41, 5.74) is 2.28. The third kappa shape index (κ3) is 3.46. The monoisotopic (exact) mass is 319 g/mol. The molecule has 2 rings (SSSR count). The number of sulfonamides is 1. The first-order chi connectivity index (χ1) is 10.3. The molecule has 0 aliphatic rings. The molecule has 0 bridgehead atoms. The fourth-order valence-electron chi connectivity index (χ4n) is 2.00. The van der Waals surface area contributed by atoms with Crippen molar-refractivity contribution in [1.82, 2.24) is 0 Å². The highest BCUT2D eigenvalue weighted by atomic mass is 32.2. The third-order valence-electron chi connectivity index (χ3n) is 3.19. The zero-order chi connectivity index (χ0) is 16.3. The van der Waals surface area contributed by atoms with Gasteiger partial charge in [-0.25, -0.2) is 13.2 Å². The molecular formula is C16H17NO4S. The lowest BCUT2D eigenvalue weighted by Gasteiger charge is -2.11. The Hall–Kier alpha value is -2.34. The molecule has 0 aliphatic carbocycles. The Morgan fingerprint density at radius 2 is 1.68 bits per heavy atom. The van der Waals surface area contributed by atoms with Crippen LogP contribution in [0, 0.1) is 13.8 Å². The zero-order valence-electron chi connectivity index (χ0n) is 12.6. The van der Waals surface area contributed by atoms with Crippen LogP contribution >= 0.6 is 0 Å². The Morgan fingerprint density at radius 1 is 1.05 bits per heavy atom. The molecular weight excluding hydrogens is 302 g/mol. The summed E-state index contributed by atoms with van der Waals surface area (Å²) in [5, 5.41) is 0. The van der Waals surface area contributed by atoms with Crippen molar-refractivity contribution in [3.05, 3.63) is 59.2 Å². The van der Waals surface area contributed by atoms with Crippen LogP contribution < -0.4 is 4.72 Å². The van der Waals surface area contributed by atoms with Crippen molar-refractivity contribution >= 4 is 21.7 Å². The number of ether oxygens (including phenoxy) is 1. The Morgan fingerprint density at radius 3 is 2.27 bits per heavy atom. The van der Waals surface area contributed by atoms with Crippen molar-refractivity contribution in [3.8, 4) is 0 Å². The molecule has 0 amide bonds. The number of hydrogen-bond acceptors (Lipinski definition) is 4. The van der Waals surface area contributed by atoms with Gasteiger partial charge in [-0.15, -0.1) is 0 Å². The molecule has 0 fully saturated rings. The average molecular weight is 319 g/mol. The van der Waals surface area contributed by atoms with E-state index in [1.54, 1.807) is 19.1 Å². The first kappa shape index (κ1) is 16.0. The number of aryl methyl sites for hydroxylation is 2. The minimum absolute atomic E-state index is 0.240. The highest BCUT2D eigenvalue weighted by Crippen LogP contribution is 2.21. The van der Waals surface area contributed by atoms with Crippen LogP contribution in [0.2, 0.25) is 0 Å². The summed E-state index contributed by atoms with van der Waals surface area (Å²) in [6.07, 6.45) is 0. The molecule has 0 aromatic heterocycles. The van der Waals surface area contributed by atoms with Crippen LogP contribution in [-0.4, -0.2) is 21.5 Å². The smallest absolute Gasteiger partial charge is 0.337 e. The number of benzene rings is 2. The van der Waals surface area contributed by atoms with E-state index in [9.17, 15) is 13.2 Å². The lowest BCUT2D eigenvalue weighted by molar-refractivity contribution is 0.0601. The van der Waals surface area contributed by atoms with Crippen LogP contribution in [0.15, 0.2) is 47.4 Å². The fourth-order valence-corrected chi connectivity index (χ4v) is 3.39. The van der Waals surface area contributed by atoms with Crippen LogP contribution in [0.3, 0.4) is 0 Å². The molecule has 0 atom stereocenters. The lowest BCUT2D eigenvalue weighted by Crippen LogP contribution is -2.14. The Bertz CT molecular complexity index is 795. The maximum Gasteiger partial charge on any atom is 0.337 e. The number of carbonyl (C=O) groups excluding carboxylic acids is 1. The maximum atomic E-state index is 12.4. The van der Waals surface area contributed by atoms with Gasteiger partial charge in [-0.1, -0.05) is 12.1 Å². The van der Waals surface area contributed by atoms with E-state index in [-0.39, 0.29) is 4.90 Å². The minimum atomic E-state index is -3.67. The van der Waals surface area contributed by atoms with Crippen LogP contribution in [0.4, 0.5) is 5.69 Å². The summed E-state index contributed by atoms with van der Waals surface area (Å²) in [6.45, 7) is 3.58. The molecule has 0 saturated heterocycles. The number of esters is 1. The van der Waals surface area contributed by atoms with Gasteiger partial charge in [-0.2, -0.15) is 0 Å². The first-order valence-corrected chi connectivity index (χ1v) is 8.10. The number of rotatable bonds is 4. The molecule has 5 nitrogen and oxygen atoms in total. The van der Waals surface area contributed by atoms with E-state index >= 15 is 0 Å². The summed E-state index contributed by atoms with van der Waals surface area (Å²) in [4.78, 5) is 11.6. The maximum absolute atomic E-state index is 12.4. The van der Waals surface area contributed by atoms with Crippen molar-refractivity contribution in [3.63, 3.8) is 0 Å². The van der Waals surface area contributed by atoms with E-state index < -0.39 is 16.0 Å². The van der Waals surface area contributed by atoms with Crippen LogP contribution in [0.1, 0.15) is 21.5 Å². The summed E-state index contributed by atoms with van der Waals surface area (Å²) in [5.74, 6) is -0.469. The number of hydrogen-bond donors (Lipinski definition) is 1. The van der Waals surface area contributed by atoms with E-state index in [4.69, 9.17) is 0 Å². The summed E-state index contributed by atoms with van der Waals surface area (Å²) >= 11 is 0. The Balaban J connectivity index is 2.29. The molecule has 6 heteroatoms. The van der Waals surface area contributed by atoms with E-state index in [0.717, 1.165) is 5.56 Å². The van der Waals surface area contributed by atoms with Gasteiger partial charge in [0.15, 0.2) is 0 Å². The minimum Gasteiger partial charge on any atom is -0.465 e. The van der Waals surface area contributed by atoms with Gasteiger partial charge >= 0.3 is 5.97 Å². The normalized spacial score (nSPS) is 11.0. The molecule has 2 aromatic rings. The highest BCUT2D eigenvalue weighted by Gasteiger charge is 2.17. The molecule has 0 aliphatic heterocycles. The molecule has 1 N–H and O–H groups in total. The number of methoxy groups -OCH3 is 1. The third-order valence-corrected chi connectivity index (χ3v) is 4.71. The predicted molar refractivity (Wildman–Crippen MR) is 84.5 cm³/mol. The Labute approximate surface area is 130 Å². The van der Waals surface area contributed by atoms with Crippen molar-refractivity contribution < 1.29 is 17.9 Å². The van der Waals surface area contributed by atoms with Crippen LogP contribution in [0.5, 0.6) is 0 Å². The second kappa shape index (κ2) is 6.19. The predicted octanol–water partition coefficient (Wildman–Crippen LogP) is 2.89. The number of nitrogens with one attached hydrogen (secondary N) is 1. The first-order valence-electron chi connectivity index (χ1n) is 6.62. The molecule has 0 heterocycles. The van der Waals surface area contributed by atoms with Crippen molar-refractivity contribution in [2.75, 3.05) is 11.8 Å². The van der Waals surface area contributed by atoms with Gasteiger partial charge in [0.25, 0.3) is 10.0 Å². The highest BCUT2D eigenvalue weighted by molar-refractivity contribution is 7.92. The molecule has 0 unspecified atom stereocenters. The number of carbonyl (C=O) groups is 1. The standard InChI is InChI=1S/C16H17NO4S/c1-11-4-5-12(2)15(10-11)22(19,20)17-14-8-6-13(7-9-14)16(18)21-3/h4-10,17H,1-3H3. The Kier molecular flexibility index (Phi) is 4.51. The second-order valence-electron chi connectivity index (χ2n) is 4.94. The van der Waals surface area contributed by atoms with Gasteiger partial charge in [-0.05, 0) is 55.3 Å². The van der Waals surface area contributed by atoms with Crippen LogP contribution in [-0.2, 0) is 14.8 Å². The van der Waals surface area contributed by atoms with Gasteiger partial charge < -0.3 is 4.74 Å². The summed E-state index contributed by atoms with van der Waals surface area (Å²) < 4.78 is 32.0. The lowest BCUT2D eigenvalue weighted by atomic mass is 10.2. The van der Waals surface area contributed by atoms with Gasteiger partial charge in [-0.3, -0.25) is 4.72 Å². The SMILES string of the molecule is COC(=O)c1ccc(NS(=O)(=O)c2cc(C)ccc2C)cc1. The van der Waals surface area contributed by atoms with E-state index in [1.165, 1.54) is 31.4 Å². The second-order valence-corrected chi connectivity index (χ2v) is 6.59. The van der Waals surface area contributed by atoms with E-state index in [1.807, 2.05) is 13.0 Å². The summed E-state index contributed by atoms with van der Waals surface area (Å²) in [7, 11) is -2.38. The molecule has 116 valence electrons. The average Bonchev–Trinajstić information content (AvgIpc) is 2.49. The van der Waals surface area contributed by atoms with Gasteiger partial charge in [0, 0.05) is 5.69 Å². The van der Waals surface area contributed by atoms with Crippen molar-refractivity contribution in [1.29, 1.82) is 0 Å². The topological polar surface area (TPSA) is 72.5 Å². The van der Waals surface area contributed by atoms with Gasteiger partial charge in [0.2, 0.25) is 0 Å². The molecule has 0 saturated carbocycles. The largest absolute Gasteiger partial charge is 0.465 e. The molecule has 22 heavy (non-hydrogen) atoms. The van der Waals surface area contributed by atoms with Crippen molar-refractivity contribution in [2.24, 2.45) is 0 Å².